The zero-order valence-corrected chi connectivity index (χ0v) is 21.7. The van der Waals surface area contributed by atoms with Gasteiger partial charge in [0.15, 0.2) is 11.5 Å². The van der Waals surface area contributed by atoms with Crippen LogP contribution in [0.4, 0.5) is 0 Å². The van der Waals surface area contributed by atoms with Gasteiger partial charge >= 0.3 is 0 Å². The first-order chi connectivity index (χ1) is 17.4. The summed E-state index contributed by atoms with van der Waals surface area (Å²) in [5.74, 6) is 0.0270. The summed E-state index contributed by atoms with van der Waals surface area (Å²) in [5, 5.41) is 11.3. The van der Waals surface area contributed by atoms with Crippen molar-refractivity contribution in [2.45, 2.75) is 33.7 Å². The maximum atomic E-state index is 13.3. The topological polar surface area (TPSA) is 88.5 Å². The smallest absolute Gasteiger partial charge is 0.295 e. The van der Waals surface area contributed by atoms with Crippen molar-refractivity contribution in [3.05, 3.63) is 59.2 Å². The second kappa shape index (κ2) is 12.4. The molecule has 194 valence electrons. The molecule has 1 fully saturated rings. The average Bonchev–Trinajstić information content (AvgIpc) is 3.14. The molecule has 1 atom stereocenters. The molecule has 2 aromatic rings. The average molecular weight is 497 g/mol. The van der Waals surface area contributed by atoms with Crippen LogP contribution in [0.3, 0.4) is 0 Å². The predicted octanol–water partition coefficient (Wildman–Crippen LogP) is 4.26. The van der Waals surface area contributed by atoms with Crippen molar-refractivity contribution in [2.24, 2.45) is 0 Å². The van der Waals surface area contributed by atoms with Crippen LogP contribution in [0.1, 0.15) is 44.9 Å². The first kappa shape index (κ1) is 27.1. The molecule has 0 aliphatic carbocycles. The second-order valence-electron chi connectivity index (χ2n) is 8.32. The summed E-state index contributed by atoms with van der Waals surface area (Å²) in [6.07, 6.45) is 0. The molecule has 8 heteroatoms. The highest BCUT2D eigenvalue weighted by Gasteiger charge is 2.46. The molecule has 1 aliphatic heterocycles. The number of Topliss-reactive ketones (excluding diaryl/α,β-unsaturated/α-hetero) is 1. The molecule has 36 heavy (non-hydrogen) atoms. The van der Waals surface area contributed by atoms with Crippen LogP contribution in [0.25, 0.3) is 5.76 Å². The summed E-state index contributed by atoms with van der Waals surface area (Å²) in [6, 6.07) is 11.4. The van der Waals surface area contributed by atoms with Crippen molar-refractivity contribution in [3.8, 4) is 17.2 Å². The lowest BCUT2D eigenvalue weighted by atomic mass is 9.95. The van der Waals surface area contributed by atoms with Crippen LogP contribution in [0, 0.1) is 0 Å². The van der Waals surface area contributed by atoms with Gasteiger partial charge in [-0.3, -0.25) is 9.59 Å². The van der Waals surface area contributed by atoms with Gasteiger partial charge in [0.1, 0.15) is 11.5 Å². The number of aliphatic hydroxyl groups is 1. The molecule has 1 amide bonds. The molecule has 1 aliphatic rings. The third-order valence-corrected chi connectivity index (χ3v) is 6.31. The molecule has 1 unspecified atom stereocenters. The second-order valence-corrected chi connectivity index (χ2v) is 8.32. The van der Waals surface area contributed by atoms with Crippen molar-refractivity contribution >= 4 is 17.4 Å². The van der Waals surface area contributed by atoms with Gasteiger partial charge < -0.3 is 29.1 Å². The minimum absolute atomic E-state index is 0.0411. The number of ether oxygens (including phenoxy) is 3. The maximum absolute atomic E-state index is 13.3. The van der Waals surface area contributed by atoms with E-state index in [2.05, 4.69) is 18.7 Å². The summed E-state index contributed by atoms with van der Waals surface area (Å²) >= 11 is 0. The minimum Gasteiger partial charge on any atom is -0.507 e. The van der Waals surface area contributed by atoms with Crippen LogP contribution < -0.4 is 14.2 Å². The Balaban J connectivity index is 2.15. The Morgan fingerprint density at radius 3 is 2.33 bits per heavy atom. The monoisotopic (exact) mass is 496 g/mol. The molecule has 3 rings (SSSR count). The van der Waals surface area contributed by atoms with E-state index in [0.29, 0.717) is 54.7 Å². The van der Waals surface area contributed by atoms with Crippen LogP contribution in [0.2, 0.25) is 0 Å². The van der Waals surface area contributed by atoms with E-state index in [0.717, 1.165) is 13.1 Å². The Bertz CT molecular complexity index is 1110. The molecular formula is C28H36N2O6. The number of likely N-dealkylation sites (tertiary alicyclic amines) is 1. The quantitative estimate of drug-likeness (QED) is 0.267. The number of carbonyl (C=O) groups is 2. The lowest BCUT2D eigenvalue weighted by Crippen LogP contribution is -2.38. The van der Waals surface area contributed by atoms with Gasteiger partial charge in [0.05, 0.1) is 31.9 Å². The van der Waals surface area contributed by atoms with Crippen molar-refractivity contribution in [2.75, 3.05) is 46.5 Å². The number of benzene rings is 2. The number of ketones is 1. The van der Waals surface area contributed by atoms with E-state index in [1.54, 1.807) is 42.5 Å². The van der Waals surface area contributed by atoms with Crippen LogP contribution >= 0.6 is 0 Å². The van der Waals surface area contributed by atoms with E-state index < -0.39 is 17.7 Å². The highest BCUT2D eigenvalue weighted by Crippen LogP contribution is 2.42. The molecule has 1 heterocycles. The van der Waals surface area contributed by atoms with E-state index in [-0.39, 0.29) is 11.3 Å². The fourth-order valence-electron chi connectivity index (χ4n) is 4.43. The third-order valence-electron chi connectivity index (χ3n) is 6.31. The Morgan fingerprint density at radius 2 is 1.69 bits per heavy atom. The van der Waals surface area contributed by atoms with Gasteiger partial charge in [0, 0.05) is 18.7 Å². The molecule has 0 spiro atoms. The largest absolute Gasteiger partial charge is 0.507 e. The lowest BCUT2D eigenvalue weighted by Gasteiger charge is -2.28. The summed E-state index contributed by atoms with van der Waals surface area (Å²) < 4.78 is 16.7. The number of amides is 1. The Morgan fingerprint density at radius 1 is 0.972 bits per heavy atom. The predicted molar refractivity (Wildman–Crippen MR) is 139 cm³/mol. The number of aliphatic hydroxyl groups excluding tert-OH is 1. The van der Waals surface area contributed by atoms with Crippen LogP contribution in [0.15, 0.2) is 48.0 Å². The van der Waals surface area contributed by atoms with Gasteiger partial charge in [-0.25, -0.2) is 0 Å². The molecule has 0 radical (unpaired) electrons. The molecule has 0 aromatic heterocycles. The highest BCUT2D eigenvalue weighted by atomic mass is 16.5. The number of methoxy groups -OCH3 is 1. The number of likely N-dealkylation sites (N-methyl/N-ethyl adjacent to an activating group) is 1. The van der Waals surface area contributed by atoms with E-state index in [1.807, 2.05) is 13.8 Å². The number of carbonyl (C=O) groups excluding carboxylic acids is 2. The summed E-state index contributed by atoms with van der Waals surface area (Å²) in [6.45, 7) is 11.4. The minimum atomic E-state index is -0.777. The molecule has 8 nitrogen and oxygen atoms in total. The van der Waals surface area contributed by atoms with Gasteiger partial charge in [-0.2, -0.15) is 0 Å². The highest BCUT2D eigenvalue weighted by molar-refractivity contribution is 6.46. The molecule has 0 bridgehead atoms. The molecular weight excluding hydrogens is 460 g/mol. The zero-order chi connectivity index (χ0) is 26.2. The number of rotatable bonds is 12. The fraction of sp³-hybridized carbons (Fsp3) is 0.429. The molecule has 2 aromatic carbocycles. The van der Waals surface area contributed by atoms with E-state index in [1.165, 1.54) is 12.0 Å². The van der Waals surface area contributed by atoms with Gasteiger partial charge in [-0.15, -0.1) is 0 Å². The summed E-state index contributed by atoms with van der Waals surface area (Å²) in [7, 11) is 1.54. The Hall–Kier alpha value is -3.52. The Labute approximate surface area is 213 Å². The normalized spacial score (nSPS) is 17.1. The van der Waals surface area contributed by atoms with Crippen LogP contribution in [0.5, 0.6) is 17.2 Å². The van der Waals surface area contributed by atoms with Crippen molar-refractivity contribution < 1.29 is 28.9 Å². The first-order valence-corrected chi connectivity index (χ1v) is 12.4. The van der Waals surface area contributed by atoms with Crippen molar-refractivity contribution in [1.29, 1.82) is 0 Å². The maximum Gasteiger partial charge on any atom is 0.295 e. The molecule has 1 N–H and O–H groups in total. The van der Waals surface area contributed by atoms with Crippen LogP contribution in [-0.2, 0) is 9.59 Å². The third kappa shape index (κ3) is 5.65. The zero-order valence-electron chi connectivity index (χ0n) is 21.7. The van der Waals surface area contributed by atoms with E-state index >= 15 is 0 Å². The lowest BCUT2D eigenvalue weighted by molar-refractivity contribution is -0.140. The standard InChI is InChI=1S/C28H36N2O6/c1-6-29(7-2)15-16-30-25(19-13-14-22(36-9-4)23(18-19)34-5)24(27(32)28(30)33)26(31)20-11-10-12-21(17-20)35-8-3/h10-14,17-18,25,31H,6-9,15-16H2,1-5H3/b26-24+. The van der Waals surface area contributed by atoms with E-state index in [9.17, 15) is 14.7 Å². The number of nitrogens with zero attached hydrogens (tertiary/aromatic N) is 2. The summed E-state index contributed by atoms with van der Waals surface area (Å²) in [5.41, 5.74) is 1.10. The SMILES string of the molecule is CCOc1cccc(/C(O)=C2\C(=O)C(=O)N(CCN(CC)CC)C2c2ccc(OCC)c(OC)c2)c1. The van der Waals surface area contributed by atoms with Crippen molar-refractivity contribution in [3.63, 3.8) is 0 Å². The Kier molecular flexibility index (Phi) is 9.36. The van der Waals surface area contributed by atoms with E-state index in [4.69, 9.17) is 14.2 Å². The molecule has 0 saturated carbocycles. The van der Waals surface area contributed by atoms with Gasteiger partial charge in [-0.1, -0.05) is 32.0 Å². The fourth-order valence-corrected chi connectivity index (χ4v) is 4.43. The first-order valence-electron chi connectivity index (χ1n) is 12.4. The number of hydrogen-bond acceptors (Lipinski definition) is 7. The van der Waals surface area contributed by atoms with Crippen molar-refractivity contribution in [1.82, 2.24) is 9.80 Å². The van der Waals surface area contributed by atoms with Gasteiger partial charge in [0.25, 0.3) is 11.7 Å². The van der Waals surface area contributed by atoms with Crippen LogP contribution in [-0.4, -0.2) is 73.1 Å². The summed E-state index contributed by atoms with van der Waals surface area (Å²) in [4.78, 5) is 30.3. The van der Waals surface area contributed by atoms with Gasteiger partial charge in [-0.05, 0) is 56.8 Å². The molecule has 1 saturated heterocycles. The van der Waals surface area contributed by atoms with Gasteiger partial charge in [0.2, 0.25) is 0 Å². The number of hydrogen-bond donors (Lipinski definition) is 1.